The first kappa shape index (κ1) is 11.8. The number of hydrogen-bond donors (Lipinski definition) is 1. The van der Waals surface area contributed by atoms with Crippen LogP contribution in [-0.2, 0) is 13.6 Å². The highest BCUT2D eigenvalue weighted by Crippen LogP contribution is 2.17. The first-order valence-corrected chi connectivity index (χ1v) is 6.24. The number of nitrogens with zero attached hydrogens (tertiary/aromatic N) is 3. The van der Waals surface area contributed by atoms with Crippen molar-refractivity contribution in [2.45, 2.75) is 19.5 Å². The molecular weight excluding hydrogens is 232 g/mol. The van der Waals surface area contributed by atoms with Crippen molar-refractivity contribution in [3.8, 4) is 6.07 Å². The minimum atomic E-state index is -0.300. The summed E-state index contributed by atoms with van der Waals surface area (Å²) < 4.78 is 1.74. The molecule has 0 aromatic carbocycles. The van der Waals surface area contributed by atoms with Crippen molar-refractivity contribution < 1.29 is 0 Å². The molecule has 4 nitrogen and oxygen atoms in total. The van der Waals surface area contributed by atoms with Crippen LogP contribution >= 0.6 is 11.3 Å². The Morgan fingerprint density at radius 1 is 1.65 bits per heavy atom. The third-order valence-electron chi connectivity index (χ3n) is 2.55. The van der Waals surface area contributed by atoms with Crippen molar-refractivity contribution in [3.63, 3.8) is 0 Å². The van der Waals surface area contributed by atoms with Crippen molar-refractivity contribution in [2.75, 3.05) is 0 Å². The van der Waals surface area contributed by atoms with Crippen LogP contribution in [0.3, 0.4) is 0 Å². The van der Waals surface area contributed by atoms with Crippen LogP contribution in [-0.4, -0.2) is 9.78 Å². The Morgan fingerprint density at radius 3 is 3.00 bits per heavy atom. The Balaban J connectivity index is 2.07. The third-order valence-corrected chi connectivity index (χ3v) is 3.43. The van der Waals surface area contributed by atoms with E-state index in [2.05, 4.69) is 22.6 Å². The first-order valence-electron chi connectivity index (χ1n) is 5.36. The van der Waals surface area contributed by atoms with Crippen LogP contribution in [0.25, 0.3) is 0 Å². The fourth-order valence-electron chi connectivity index (χ4n) is 1.74. The molecule has 5 heteroatoms. The predicted octanol–water partition coefficient (Wildman–Crippen LogP) is 2.14. The quantitative estimate of drug-likeness (QED) is 0.899. The van der Waals surface area contributed by atoms with Gasteiger partial charge in [-0.1, -0.05) is 6.07 Å². The highest BCUT2D eigenvalue weighted by Gasteiger charge is 2.15. The average molecular weight is 246 g/mol. The number of nitriles is 1. The smallest absolute Gasteiger partial charge is 0.124 e. The zero-order valence-electron chi connectivity index (χ0n) is 9.84. The summed E-state index contributed by atoms with van der Waals surface area (Å²) >= 11 is 1.69. The van der Waals surface area contributed by atoms with Gasteiger partial charge in [0.2, 0.25) is 0 Å². The van der Waals surface area contributed by atoms with Gasteiger partial charge < -0.3 is 0 Å². The fourth-order valence-corrected chi connectivity index (χ4v) is 2.40. The molecule has 2 heterocycles. The molecule has 0 aliphatic rings. The van der Waals surface area contributed by atoms with Gasteiger partial charge in [0.15, 0.2) is 0 Å². The molecule has 1 atom stereocenters. The molecule has 2 rings (SSSR count). The Morgan fingerprint density at radius 2 is 2.47 bits per heavy atom. The van der Waals surface area contributed by atoms with Gasteiger partial charge in [-0.25, -0.2) is 0 Å². The number of hydrogen-bond acceptors (Lipinski definition) is 4. The summed E-state index contributed by atoms with van der Waals surface area (Å²) in [5.74, 6) is 0. The number of nitrogens with one attached hydrogen (secondary N) is 1. The molecule has 0 aliphatic heterocycles. The SMILES string of the molecule is Cc1nn(C)cc1C(C#N)NCc1cccs1. The van der Waals surface area contributed by atoms with Crippen LogP contribution in [0.1, 0.15) is 22.2 Å². The topological polar surface area (TPSA) is 53.6 Å². The van der Waals surface area contributed by atoms with Gasteiger partial charge >= 0.3 is 0 Å². The molecule has 0 aliphatic carbocycles. The minimum Gasteiger partial charge on any atom is -0.293 e. The monoisotopic (exact) mass is 246 g/mol. The summed E-state index contributed by atoms with van der Waals surface area (Å²) in [4.78, 5) is 1.23. The molecule has 88 valence electrons. The van der Waals surface area contributed by atoms with E-state index in [-0.39, 0.29) is 6.04 Å². The number of aryl methyl sites for hydroxylation is 2. The van der Waals surface area contributed by atoms with Crippen molar-refractivity contribution in [1.29, 1.82) is 5.26 Å². The second-order valence-electron chi connectivity index (χ2n) is 3.87. The van der Waals surface area contributed by atoms with E-state index in [0.29, 0.717) is 6.54 Å². The standard InChI is InChI=1S/C12H14N4S/c1-9-11(8-16(2)15-9)12(6-13)14-7-10-4-3-5-17-10/h3-5,8,12,14H,7H2,1-2H3. The lowest BCUT2D eigenvalue weighted by Gasteiger charge is -2.09. The van der Waals surface area contributed by atoms with Gasteiger partial charge in [0.1, 0.15) is 6.04 Å². The highest BCUT2D eigenvalue weighted by atomic mass is 32.1. The summed E-state index contributed by atoms with van der Waals surface area (Å²) in [5.41, 5.74) is 1.85. The molecule has 0 fully saturated rings. The maximum absolute atomic E-state index is 9.20. The van der Waals surface area contributed by atoms with Crippen molar-refractivity contribution in [2.24, 2.45) is 7.05 Å². The summed E-state index contributed by atoms with van der Waals surface area (Å²) in [6.07, 6.45) is 1.89. The number of aromatic nitrogens is 2. The number of rotatable bonds is 4. The Bertz CT molecular complexity index is 521. The predicted molar refractivity (Wildman–Crippen MR) is 67.5 cm³/mol. The molecule has 0 spiro atoms. The lowest BCUT2D eigenvalue weighted by atomic mass is 10.1. The molecule has 0 saturated carbocycles. The van der Waals surface area contributed by atoms with Crippen LogP contribution in [0.5, 0.6) is 0 Å². The normalized spacial score (nSPS) is 12.3. The second-order valence-corrected chi connectivity index (χ2v) is 4.90. The van der Waals surface area contributed by atoms with Gasteiger partial charge in [-0.05, 0) is 18.4 Å². The zero-order valence-corrected chi connectivity index (χ0v) is 10.7. The van der Waals surface area contributed by atoms with Crippen LogP contribution in [0.2, 0.25) is 0 Å². The fraction of sp³-hybridized carbons (Fsp3) is 0.333. The molecule has 1 unspecified atom stereocenters. The molecule has 0 bridgehead atoms. The van der Waals surface area contributed by atoms with Gasteiger partial charge in [0.25, 0.3) is 0 Å². The van der Waals surface area contributed by atoms with Gasteiger partial charge in [-0.15, -0.1) is 11.3 Å². The zero-order chi connectivity index (χ0) is 12.3. The maximum Gasteiger partial charge on any atom is 0.124 e. The van der Waals surface area contributed by atoms with E-state index < -0.39 is 0 Å². The molecule has 0 saturated heterocycles. The van der Waals surface area contributed by atoms with E-state index in [9.17, 15) is 5.26 Å². The molecule has 0 amide bonds. The van der Waals surface area contributed by atoms with E-state index >= 15 is 0 Å². The van der Waals surface area contributed by atoms with E-state index in [4.69, 9.17) is 0 Å². The Kier molecular flexibility index (Phi) is 3.57. The lowest BCUT2D eigenvalue weighted by Crippen LogP contribution is -2.19. The van der Waals surface area contributed by atoms with E-state index in [1.165, 1.54) is 4.88 Å². The van der Waals surface area contributed by atoms with Gasteiger partial charge in [0.05, 0.1) is 11.8 Å². The Hall–Kier alpha value is -1.64. The van der Waals surface area contributed by atoms with Crippen LogP contribution in [0.4, 0.5) is 0 Å². The van der Waals surface area contributed by atoms with Gasteiger partial charge in [0, 0.05) is 30.2 Å². The summed E-state index contributed by atoms with van der Waals surface area (Å²) in [6.45, 7) is 2.64. The summed E-state index contributed by atoms with van der Waals surface area (Å²) in [5, 5.41) is 18.7. The molecule has 1 N–H and O–H groups in total. The molecule has 17 heavy (non-hydrogen) atoms. The van der Waals surface area contributed by atoms with E-state index in [1.807, 2.05) is 31.6 Å². The largest absolute Gasteiger partial charge is 0.293 e. The number of thiophene rings is 1. The molecule has 2 aromatic heterocycles. The second kappa shape index (κ2) is 5.13. The summed E-state index contributed by atoms with van der Waals surface area (Å²) in [6, 6.07) is 6.04. The van der Waals surface area contributed by atoms with Crippen molar-refractivity contribution in [1.82, 2.24) is 15.1 Å². The molecule has 0 radical (unpaired) electrons. The van der Waals surface area contributed by atoms with E-state index in [0.717, 1.165) is 11.3 Å². The van der Waals surface area contributed by atoms with Crippen molar-refractivity contribution in [3.05, 3.63) is 39.8 Å². The highest BCUT2D eigenvalue weighted by molar-refractivity contribution is 7.09. The van der Waals surface area contributed by atoms with Crippen LogP contribution in [0, 0.1) is 18.3 Å². The van der Waals surface area contributed by atoms with Crippen LogP contribution < -0.4 is 5.32 Å². The first-order chi connectivity index (χ1) is 8.20. The lowest BCUT2D eigenvalue weighted by molar-refractivity contribution is 0.633. The van der Waals surface area contributed by atoms with Gasteiger partial charge in [-0.3, -0.25) is 10.00 Å². The third kappa shape index (κ3) is 2.73. The van der Waals surface area contributed by atoms with Gasteiger partial charge in [-0.2, -0.15) is 10.4 Å². The molecular formula is C12H14N4S. The Labute approximate surface area is 105 Å². The minimum absolute atomic E-state index is 0.300. The summed E-state index contributed by atoms with van der Waals surface area (Å²) in [7, 11) is 1.87. The van der Waals surface area contributed by atoms with Crippen molar-refractivity contribution >= 4 is 11.3 Å². The average Bonchev–Trinajstić information content (AvgIpc) is 2.90. The van der Waals surface area contributed by atoms with E-state index in [1.54, 1.807) is 16.0 Å². The molecule has 2 aromatic rings. The van der Waals surface area contributed by atoms with Crippen LogP contribution in [0.15, 0.2) is 23.7 Å². The maximum atomic E-state index is 9.20.